The fourth-order valence-corrected chi connectivity index (χ4v) is 3.12. The van der Waals surface area contributed by atoms with Crippen LogP contribution in [0.25, 0.3) is 0 Å². The van der Waals surface area contributed by atoms with Gasteiger partial charge in [-0.3, -0.25) is 9.59 Å². The summed E-state index contributed by atoms with van der Waals surface area (Å²) in [5.41, 5.74) is 6.99. The molecule has 0 aromatic heterocycles. The van der Waals surface area contributed by atoms with Gasteiger partial charge in [-0.2, -0.15) is 0 Å². The fourth-order valence-electron chi connectivity index (χ4n) is 2.64. The van der Waals surface area contributed by atoms with Gasteiger partial charge in [-0.25, -0.2) is 0 Å². The molecule has 0 unspecified atom stereocenters. The topological polar surface area (TPSA) is 63.4 Å². The van der Waals surface area contributed by atoms with E-state index in [1.807, 2.05) is 32.0 Å². The number of hydrogen-bond acceptors (Lipinski definition) is 2. The van der Waals surface area contributed by atoms with Crippen molar-refractivity contribution in [2.45, 2.75) is 32.7 Å². The summed E-state index contributed by atoms with van der Waals surface area (Å²) in [6.45, 7) is 4.35. The molecule has 1 aromatic carbocycles. The number of aryl methyl sites for hydroxylation is 1. The standard InChI is InChI=1S/C15H19BrN2O2/c1-9-7-12(16)5-6-13(9)15(20)18-8-11(14(17)19)4-3-10(18)2/h5-7,10-11H,3-4,8H2,1-2H3,(H2,17,19)/t10-,11+/m1/s1. The molecule has 5 heteroatoms. The van der Waals surface area contributed by atoms with Crippen molar-refractivity contribution in [1.82, 2.24) is 4.90 Å². The van der Waals surface area contributed by atoms with Crippen LogP contribution in [0.3, 0.4) is 0 Å². The van der Waals surface area contributed by atoms with Crippen molar-refractivity contribution in [2.24, 2.45) is 11.7 Å². The molecule has 0 radical (unpaired) electrons. The molecule has 2 N–H and O–H groups in total. The highest BCUT2D eigenvalue weighted by molar-refractivity contribution is 9.10. The summed E-state index contributed by atoms with van der Waals surface area (Å²) in [7, 11) is 0. The van der Waals surface area contributed by atoms with Gasteiger partial charge in [-0.15, -0.1) is 0 Å². The Kier molecular flexibility index (Phi) is 4.48. The molecule has 1 heterocycles. The molecule has 4 nitrogen and oxygen atoms in total. The van der Waals surface area contributed by atoms with Gasteiger partial charge in [0, 0.05) is 22.6 Å². The molecule has 1 fully saturated rings. The fraction of sp³-hybridized carbons (Fsp3) is 0.467. The van der Waals surface area contributed by atoms with Crippen LogP contribution in [-0.2, 0) is 4.79 Å². The van der Waals surface area contributed by atoms with Crippen LogP contribution in [0, 0.1) is 12.8 Å². The van der Waals surface area contributed by atoms with Crippen LogP contribution < -0.4 is 5.73 Å². The number of piperidine rings is 1. The molecule has 0 aliphatic carbocycles. The van der Waals surface area contributed by atoms with Crippen LogP contribution in [0.1, 0.15) is 35.7 Å². The van der Waals surface area contributed by atoms with Gasteiger partial charge in [-0.05, 0) is 50.5 Å². The maximum Gasteiger partial charge on any atom is 0.254 e. The third kappa shape index (κ3) is 3.03. The van der Waals surface area contributed by atoms with Gasteiger partial charge in [0.2, 0.25) is 5.91 Å². The van der Waals surface area contributed by atoms with Gasteiger partial charge in [0.05, 0.1) is 5.92 Å². The Labute approximate surface area is 127 Å². The SMILES string of the molecule is Cc1cc(Br)ccc1C(=O)N1C[C@@H](C(N)=O)CC[C@H]1C. The number of carbonyl (C=O) groups is 2. The summed E-state index contributed by atoms with van der Waals surface area (Å²) in [5, 5.41) is 0. The first-order valence-electron chi connectivity index (χ1n) is 6.76. The molecule has 0 bridgehead atoms. The lowest BCUT2D eigenvalue weighted by molar-refractivity contribution is -0.123. The molecule has 2 atom stereocenters. The molecule has 108 valence electrons. The van der Waals surface area contributed by atoms with Crippen LogP contribution >= 0.6 is 15.9 Å². The van der Waals surface area contributed by atoms with Crippen molar-refractivity contribution in [2.75, 3.05) is 6.54 Å². The van der Waals surface area contributed by atoms with E-state index < -0.39 is 0 Å². The normalized spacial score (nSPS) is 22.6. The van der Waals surface area contributed by atoms with Crippen LogP contribution in [0.2, 0.25) is 0 Å². The predicted molar refractivity (Wildman–Crippen MR) is 81.3 cm³/mol. The van der Waals surface area contributed by atoms with E-state index in [-0.39, 0.29) is 23.8 Å². The summed E-state index contributed by atoms with van der Waals surface area (Å²) in [4.78, 5) is 25.8. The number of hydrogen-bond donors (Lipinski definition) is 1. The van der Waals surface area contributed by atoms with Gasteiger partial charge in [-0.1, -0.05) is 15.9 Å². The third-order valence-corrected chi connectivity index (χ3v) is 4.46. The monoisotopic (exact) mass is 338 g/mol. The van der Waals surface area contributed by atoms with E-state index >= 15 is 0 Å². The molecule has 1 aliphatic rings. The second-order valence-electron chi connectivity index (χ2n) is 5.44. The molecule has 2 amide bonds. The van der Waals surface area contributed by atoms with E-state index in [0.29, 0.717) is 12.1 Å². The Morgan fingerprint density at radius 1 is 1.35 bits per heavy atom. The Morgan fingerprint density at radius 2 is 2.05 bits per heavy atom. The van der Waals surface area contributed by atoms with Crippen molar-refractivity contribution in [3.8, 4) is 0 Å². The molecule has 1 aromatic rings. The zero-order valence-electron chi connectivity index (χ0n) is 11.7. The van der Waals surface area contributed by atoms with Crippen molar-refractivity contribution >= 4 is 27.7 Å². The average molecular weight is 339 g/mol. The number of halogens is 1. The van der Waals surface area contributed by atoms with Gasteiger partial charge in [0.25, 0.3) is 5.91 Å². The molecular weight excluding hydrogens is 320 g/mol. The number of nitrogens with two attached hydrogens (primary N) is 1. The van der Waals surface area contributed by atoms with Gasteiger partial charge >= 0.3 is 0 Å². The lowest BCUT2D eigenvalue weighted by Gasteiger charge is -2.37. The van der Waals surface area contributed by atoms with Crippen molar-refractivity contribution in [3.63, 3.8) is 0 Å². The van der Waals surface area contributed by atoms with E-state index in [2.05, 4.69) is 15.9 Å². The van der Waals surface area contributed by atoms with Crippen molar-refractivity contribution in [1.29, 1.82) is 0 Å². The second kappa shape index (κ2) is 5.95. The van der Waals surface area contributed by atoms with Gasteiger partial charge < -0.3 is 10.6 Å². The Morgan fingerprint density at radius 3 is 2.65 bits per heavy atom. The summed E-state index contributed by atoms with van der Waals surface area (Å²) in [6, 6.07) is 5.75. The highest BCUT2D eigenvalue weighted by Gasteiger charge is 2.32. The minimum absolute atomic E-state index is 0.0200. The zero-order valence-corrected chi connectivity index (χ0v) is 13.3. The van der Waals surface area contributed by atoms with E-state index in [1.165, 1.54) is 0 Å². The molecular formula is C15H19BrN2O2. The summed E-state index contributed by atoms with van der Waals surface area (Å²) in [5.74, 6) is -0.568. The van der Waals surface area contributed by atoms with Crippen molar-refractivity contribution < 1.29 is 9.59 Å². The summed E-state index contributed by atoms with van der Waals surface area (Å²) >= 11 is 3.40. The Bertz CT molecular complexity index is 545. The number of amides is 2. The largest absolute Gasteiger partial charge is 0.369 e. The summed E-state index contributed by atoms with van der Waals surface area (Å²) in [6.07, 6.45) is 1.58. The highest BCUT2D eigenvalue weighted by Crippen LogP contribution is 2.25. The quantitative estimate of drug-likeness (QED) is 0.900. The zero-order chi connectivity index (χ0) is 14.9. The van der Waals surface area contributed by atoms with Crippen LogP contribution in [0.5, 0.6) is 0 Å². The number of benzene rings is 1. The average Bonchev–Trinajstić information content (AvgIpc) is 2.38. The highest BCUT2D eigenvalue weighted by atomic mass is 79.9. The lowest BCUT2D eigenvalue weighted by Crippen LogP contribution is -2.48. The van der Waals surface area contributed by atoms with Gasteiger partial charge in [0.15, 0.2) is 0 Å². The second-order valence-corrected chi connectivity index (χ2v) is 6.36. The maximum absolute atomic E-state index is 12.7. The number of carbonyl (C=O) groups excluding carboxylic acids is 2. The van der Waals surface area contributed by atoms with Crippen LogP contribution in [-0.4, -0.2) is 29.3 Å². The first kappa shape index (κ1) is 15.0. The van der Waals surface area contributed by atoms with E-state index in [4.69, 9.17) is 5.73 Å². The number of rotatable bonds is 2. The molecule has 0 saturated carbocycles. The third-order valence-electron chi connectivity index (χ3n) is 3.96. The lowest BCUT2D eigenvalue weighted by atomic mass is 9.92. The minimum Gasteiger partial charge on any atom is -0.369 e. The van der Waals surface area contributed by atoms with Gasteiger partial charge in [0.1, 0.15) is 0 Å². The van der Waals surface area contributed by atoms with E-state index in [9.17, 15) is 9.59 Å². The molecule has 2 rings (SSSR count). The maximum atomic E-state index is 12.7. The molecule has 1 saturated heterocycles. The van der Waals surface area contributed by atoms with Crippen molar-refractivity contribution in [3.05, 3.63) is 33.8 Å². The van der Waals surface area contributed by atoms with E-state index in [0.717, 1.165) is 22.9 Å². The minimum atomic E-state index is -0.317. The van der Waals surface area contributed by atoms with Crippen LogP contribution in [0.15, 0.2) is 22.7 Å². The molecule has 1 aliphatic heterocycles. The number of nitrogens with zero attached hydrogens (tertiary/aromatic N) is 1. The van der Waals surface area contributed by atoms with E-state index in [1.54, 1.807) is 4.90 Å². The Hall–Kier alpha value is -1.36. The predicted octanol–water partition coefficient (Wildman–Crippen LogP) is 2.48. The molecule has 20 heavy (non-hydrogen) atoms. The molecule has 0 spiro atoms. The van der Waals surface area contributed by atoms with Crippen LogP contribution in [0.4, 0.5) is 0 Å². The Balaban J connectivity index is 2.24. The smallest absolute Gasteiger partial charge is 0.254 e. The number of primary amides is 1. The summed E-state index contributed by atoms with van der Waals surface area (Å²) < 4.78 is 0.952. The first-order valence-corrected chi connectivity index (χ1v) is 7.56. The number of likely N-dealkylation sites (tertiary alicyclic amines) is 1. The first-order chi connectivity index (χ1) is 9.40.